The highest BCUT2D eigenvalue weighted by molar-refractivity contribution is 7.91. The Balaban J connectivity index is 1.96. The van der Waals surface area contributed by atoms with Gasteiger partial charge >= 0.3 is 5.97 Å². The van der Waals surface area contributed by atoms with E-state index in [9.17, 15) is 23.1 Å². The van der Waals surface area contributed by atoms with Crippen LogP contribution in [0.25, 0.3) is 0 Å². The lowest BCUT2D eigenvalue weighted by atomic mass is 10.2. The summed E-state index contributed by atoms with van der Waals surface area (Å²) in [5.74, 6) is -1.35. The van der Waals surface area contributed by atoms with Crippen LogP contribution in [0.3, 0.4) is 0 Å². The molecule has 8 nitrogen and oxygen atoms in total. The Labute approximate surface area is 123 Å². The van der Waals surface area contributed by atoms with E-state index in [-0.39, 0.29) is 43.0 Å². The van der Waals surface area contributed by atoms with E-state index in [1.165, 1.54) is 16.8 Å². The number of likely N-dealkylation sites (tertiary alicyclic amines) is 1. The first-order chi connectivity index (χ1) is 9.69. The van der Waals surface area contributed by atoms with Gasteiger partial charge in [0, 0.05) is 26.1 Å². The first-order valence-electron chi connectivity index (χ1n) is 6.80. The quantitative estimate of drug-likeness (QED) is 0.625. The summed E-state index contributed by atoms with van der Waals surface area (Å²) >= 11 is 0. The van der Waals surface area contributed by atoms with Gasteiger partial charge in [-0.15, -0.1) is 0 Å². The van der Waals surface area contributed by atoms with Gasteiger partial charge in [0.05, 0.1) is 24.2 Å². The molecular weight excluding hydrogens is 300 g/mol. The number of β-amino-alcohol motifs (C(OH)–C–C–N with tert-alkyl or cyclic N) is 1. The van der Waals surface area contributed by atoms with Gasteiger partial charge in [-0.05, 0) is 6.42 Å². The summed E-state index contributed by atoms with van der Waals surface area (Å²) in [6.07, 6.45) is -0.240. The summed E-state index contributed by atoms with van der Waals surface area (Å²) in [4.78, 5) is 26.1. The predicted octanol–water partition coefficient (Wildman–Crippen LogP) is -1.85. The molecule has 0 bridgehead atoms. The molecule has 9 heteroatoms. The average Bonchev–Trinajstić information content (AvgIpc) is 2.91. The van der Waals surface area contributed by atoms with Crippen molar-refractivity contribution < 1.29 is 28.2 Å². The maximum atomic E-state index is 12.2. The van der Waals surface area contributed by atoms with Crippen LogP contribution in [-0.2, 0) is 19.4 Å². The van der Waals surface area contributed by atoms with Gasteiger partial charge in [0.25, 0.3) is 0 Å². The Morgan fingerprint density at radius 1 is 1.38 bits per heavy atom. The third-order valence-electron chi connectivity index (χ3n) is 4.15. The van der Waals surface area contributed by atoms with Crippen molar-refractivity contribution in [2.75, 3.05) is 31.6 Å². The van der Waals surface area contributed by atoms with Gasteiger partial charge in [0.1, 0.15) is 6.04 Å². The first-order valence-corrected chi connectivity index (χ1v) is 8.63. The molecule has 0 aromatic rings. The predicted molar refractivity (Wildman–Crippen MR) is 73.4 cm³/mol. The van der Waals surface area contributed by atoms with Gasteiger partial charge in [0.15, 0.2) is 9.84 Å². The smallest absolute Gasteiger partial charge is 0.321 e. The molecule has 0 aromatic carbocycles. The van der Waals surface area contributed by atoms with E-state index < -0.39 is 28.0 Å². The molecule has 0 aliphatic carbocycles. The third kappa shape index (κ3) is 3.72. The number of aliphatic hydroxyl groups is 1. The molecular formula is C12H20N2O6S. The van der Waals surface area contributed by atoms with Crippen molar-refractivity contribution >= 4 is 21.7 Å². The Hall–Kier alpha value is -1.19. The fraction of sp³-hybridized carbons (Fsp3) is 0.833. The molecule has 3 unspecified atom stereocenters. The number of aliphatic carboxylic acids is 1. The zero-order chi connectivity index (χ0) is 15.8. The Morgan fingerprint density at radius 2 is 2.05 bits per heavy atom. The summed E-state index contributed by atoms with van der Waals surface area (Å²) in [6.45, 7) is 0.0145. The number of carboxylic acids is 1. The number of carboxylic acid groups (broad SMARTS) is 1. The van der Waals surface area contributed by atoms with Crippen LogP contribution in [-0.4, -0.2) is 90.1 Å². The standard InChI is InChI=1S/C12H20N2O6S/c1-13(8-2-3-21(19,20)7-8)11(16)6-14-5-9(15)4-10(14)12(17)18/h8-10,15H,2-7H2,1H3,(H,17,18). The van der Waals surface area contributed by atoms with Crippen molar-refractivity contribution in [3.63, 3.8) is 0 Å². The van der Waals surface area contributed by atoms with Crippen molar-refractivity contribution in [2.45, 2.75) is 31.0 Å². The van der Waals surface area contributed by atoms with Gasteiger partial charge in [-0.25, -0.2) is 8.42 Å². The summed E-state index contributed by atoms with van der Waals surface area (Å²) in [6, 6.07) is -1.22. The molecule has 2 saturated heterocycles. The van der Waals surface area contributed by atoms with E-state index in [1.807, 2.05) is 0 Å². The summed E-state index contributed by atoms with van der Waals surface area (Å²) in [7, 11) is -1.54. The minimum atomic E-state index is -3.08. The van der Waals surface area contributed by atoms with Crippen molar-refractivity contribution in [1.82, 2.24) is 9.80 Å². The molecule has 0 spiro atoms. The molecule has 2 rings (SSSR count). The molecule has 1 amide bonds. The second-order valence-electron chi connectivity index (χ2n) is 5.73. The first kappa shape index (κ1) is 16.2. The number of aliphatic hydroxyl groups excluding tert-OH is 1. The fourth-order valence-electron chi connectivity index (χ4n) is 2.88. The zero-order valence-electron chi connectivity index (χ0n) is 11.8. The second-order valence-corrected chi connectivity index (χ2v) is 7.96. The van der Waals surface area contributed by atoms with Crippen LogP contribution in [0.1, 0.15) is 12.8 Å². The van der Waals surface area contributed by atoms with E-state index >= 15 is 0 Å². The summed E-state index contributed by atoms with van der Waals surface area (Å²) in [5, 5.41) is 18.6. The third-order valence-corrected chi connectivity index (χ3v) is 5.90. The number of carbonyl (C=O) groups excluding carboxylic acids is 1. The summed E-state index contributed by atoms with van der Waals surface area (Å²) in [5.41, 5.74) is 0. The zero-order valence-corrected chi connectivity index (χ0v) is 12.6. The van der Waals surface area contributed by atoms with Crippen LogP contribution in [0, 0.1) is 0 Å². The van der Waals surface area contributed by atoms with Crippen LogP contribution in [0.15, 0.2) is 0 Å². The molecule has 120 valence electrons. The normalized spacial score (nSPS) is 32.2. The minimum absolute atomic E-state index is 0.0414. The largest absolute Gasteiger partial charge is 0.480 e. The highest BCUT2D eigenvalue weighted by atomic mass is 32.2. The van der Waals surface area contributed by atoms with E-state index in [1.54, 1.807) is 0 Å². The van der Waals surface area contributed by atoms with Crippen LogP contribution in [0.4, 0.5) is 0 Å². The number of rotatable bonds is 4. The number of nitrogens with zero attached hydrogens (tertiary/aromatic N) is 2. The Kier molecular flexibility index (Phi) is 4.54. The van der Waals surface area contributed by atoms with Gasteiger partial charge in [-0.1, -0.05) is 0 Å². The lowest BCUT2D eigenvalue weighted by Crippen LogP contribution is -2.46. The molecule has 2 N–H and O–H groups in total. The Bertz CT molecular complexity index is 534. The number of carbonyl (C=O) groups is 2. The number of hydrogen-bond donors (Lipinski definition) is 2. The molecule has 2 aliphatic heterocycles. The monoisotopic (exact) mass is 320 g/mol. The van der Waals surface area contributed by atoms with E-state index in [0.29, 0.717) is 6.42 Å². The molecule has 2 fully saturated rings. The number of hydrogen-bond acceptors (Lipinski definition) is 6. The van der Waals surface area contributed by atoms with Gasteiger partial charge in [-0.2, -0.15) is 0 Å². The maximum absolute atomic E-state index is 12.2. The van der Waals surface area contributed by atoms with Gasteiger partial charge in [0.2, 0.25) is 5.91 Å². The summed E-state index contributed by atoms with van der Waals surface area (Å²) < 4.78 is 22.9. The van der Waals surface area contributed by atoms with E-state index in [4.69, 9.17) is 5.11 Å². The maximum Gasteiger partial charge on any atom is 0.321 e. The average molecular weight is 320 g/mol. The van der Waals surface area contributed by atoms with Crippen molar-refractivity contribution in [3.8, 4) is 0 Å². The lowest BCUT2D eigenvalue weighted by Gasteiger charge is -2.27. The molecule has 3 atom stereocenters. The highest BCUT2D eigenvalue weighted by Gasteiger charge is 2.39. The van der Waals surface area contributed by atoms with E-state index in [0.717, 1.165) is 0 Å². The van der Waals surface area contributed by atoms with Crippen molar-refractivity contribution in [3.05, 3.63) is 0 Å². The SMILES string of the molecule is CN(C(=O)CN1CC(O)CC1C(=O)O)C1CCS(=O)(=O)C1. The van der Waals surface area contributed by atoms with E-state index in [2.05, 4.69) is 0 Å². The molecule has 0 aromatic heterocycles. The topological polar surface area (TPSA) is 115 Å². The van der Waals surface area contributed by atoms with Gasteiger partial charge in [-0.3, -0.25) is 14.5 Å². The Morgan fingerprint density at radius 3 is 2.57 bits per heavy atom. The minimum Gasteiger partial charge on any atom is -0.480 e. The van der Waals surface area contributed by atoms with Crippen LogP contribution < -0.4 is 0 Å². The highest BCUT2D eigenvalue weighted by Crippen LogP contribution is 2.20. The molecule has 0 radical (unpaired) electrons. The van der Waals surface area contributed by atoms with Gasteiger partial charge < -0.3 is 15.1 Å². The van der Waals surface area contributed by atoms with Crippen LogP contribution >= 0.6 is 0 Å². The second kappa shape index (κ2) is 5.90. The molecule has 21 heavy (non-hydrogen) atoms. The molecule has 2 aliphatic rings. The number of sulfone groups is 1. The fourth-order valence-corrected chi connectivity index (χ4v) is 4.66. The molecule has 0 saturated carbocycles. The lowest BCUT2D eigenvalue weighted by molar-refractivity contribution is -0.143. The number of likely N-dealkylation sites (N-methyl/N-ethyl adjacent to an activating group) is 1. The van der Waals surface area contributed by atoms with Crippen LogP contribution in [0.2, 0.25) is 0 Å². The molecule has 2 heterocycles. The van der Waals surface area contributed by atoms with Crippen LogP contribution in [0.5, 0.6) is 0 Å². The van der Waals surface area contributed by atoms with Crippen molar-refractivity contribution in [1.29, 1.82) is 0 Å². The number of amides is 1. The van der Waals surface area contributed by atoms with Crippen molar-refractivity contribution in [2.24, 2.45) is 0 Å².